The minimum Gasteiger partial charge on any atom is -0.309 e. The third-order valence-electron chi connectivity index (χ3n) is 3.25. The Morgan fingerprint density at radius 3 is 2.33 bits per heavy atom. The van der Waals surface area contributed by atoms with Gasteiger partial charge in [0.15, 0.2) is 0 Å². The molecular formula is C17H20BrClN2. The van der Waals surface area contributed by atoms with Crippen LogP contribution in [0, 0.1) is 0 Å². The number of benzene rings is 2. The first-order valence-corrected chi connectivity index (χ1v) is 8.09. The normalized spacial score (nSPS) is 11.1. The van der Waals surface area contributed by atoms with Crippen molar-refractivity contribution in [2.24, 2.45) is 0 Å². The van der Waals surface area contributed by atoms with Crippen molar-refractivity contribution in [3.8, 4) is 0 Å². The Morgan fingerprint density at radius 1 is 1.00 bits per heavy atom. The quantitative estimate of drug-likeness (QED) is 0.811. The van der Waals surface area contributed by atoms with Crippen LogP contribution in [-0.2, 0) is 19.6 Å². The van der Waals surface area contributed by atoms with Crippen molar-refractivity contribution >= 4 is 27.5 Å². The Morgan fingerprint density at radius 2 is 1.67 bits per heavy atom. The number of nitrogens with zero attached hydrogens (tertiary/aromatic N) is 1. The van der Waals surface area contributed by atoms with Crippen LogP contribution in [0.4, 0.5) is 0 Å². The molecule has 0 saturated carbocycles. The van der Waals surface area contributed by atoms with Gasteiger partial charge >= 0.3 is 0 Å². The van der Waals surface area contributed by atoms with Crippen LogP contribution in [0.3, 0.4) is 0 Å². The third kappa shape index (κ3) is 5.11. The maximum atomic E-state index is 5.96. The molecule has 0 aliphatic carbocycles. The Kier molecular flexibility index (Phi) is 6.24. The van der Waals surface area contributed by atoms with E-state index in [9.17, 15) is 0 Å². The van der Waals surface area contributed by atoms with Gasteiger partial charge in [-0.15, -0.1) is 0 Å². The molecule has 2 nitrogen and oxygen atoms in total. The Balaban J connectivity index is 1.97. The molecular weight excluding hydrogens is 348 g/mol. The molecule has 0 bridgehead atoms. The summed E-state index contributed by atoms with van der Waals surface area (Å²) in [7, 11) is 4.18. The molecule has 0 spiro atoms. The zero-order valence-electron chi connectivity index (χ0n) is 12.4. The SMILES string of the molecule is CN(C)Cc1ccccc1CNCc1ccc(Cl)cc1Br. The minimum absolute atomic E-state index is 0.752. The van der Waals surface area contributed by atoms with E-state index >= 15 is 0 Å². The maximum absolute atomic E-state index is 5.96. The summed E-state index contributed by atoms with van der Waals surface area (Å²) >= 11 is 9.51. The summed E-state index contributed by atoms with van der Waals surface area (Å²) < 4.78 is 1.05. The number of hydrogen-bond donors (Lipinski definition) is 1. The summed E-state index contributed by atoms with van der Waals surface area (Å²) in [5, 5.41) is 4.25. The van der Waals surface area contributed by atoms with Crippen molar-refractivity contribution in [1.29, 1.82) is 0 Å². The number of nitrogens with one attached hydrogen (secondary N) is 1. The maximum Gasteiger partial charge on any atom is 0.0417 e. The lowest BCUT2D eigenvalue weighted by Crippen LogP contribution is -2.17. The molecule has 1 N–H and O–H groups in total. The van der Waals surface area contributed by atoms with Gasteiger partial charge in [-0.25, -0.2) is 0 Å². The summed E-state index contributed by atoms with van der Waals surface area (Å²) in [6, 6.07) is 14.5. The standard InChI is InChI=1S/C17H20BrClN2/c1-21(2)12-15-6-4-3-5-13(15)10-20-11-14-7-8-16(19)9-17(14)18/h3-9,20H,10-12H2,1-2H3. The molecule has 2 aromatic carbocycles. The molecule has 0 atom stereocenters. The number of rotatable bonds is 6. The first kappa shape index (κ1) is 16.5. The van der Waals surface area contributed by atoms with Crippen molar-refractivity contribution in [2.75, 3.05) is 14.1 Å². The molecule has 21 heavy (non-hydrogen) atoms. The van der Waals surface area contributed by atoms with Crippen LogP contribution in [0.1, 0.15) is 16.7 Å². The zero-order valence-corrected chi connectivity index (χ0v) is 14.7. The van der Waals surface area contributed by atoms with Gasteiger partial charge in [0.25, 0.3) is 0 Å². The van der Waals surface area contributed by atoms with Crippen LogP contribution < -0.4 is 5.32 Å². The van der Waals surface area contributed by atoms with E-state index in [0.29, 0.717) is 0 Å². The second-order valence-corrected chi connectivity index (χ2v) is 6.64. The zero-order chi connectivity index (χ0) is 15.2. The first-order valence-electron chi connectivity index (χ1n) is 6.92. The Bertz CT molecular complexity index is 599. The third-order valence-corrected chi connectivity index (χ3v) is 4.22. The molecule has 2 aromatic rings. The van der Waals surface area contributed by atoms with E-state index in [1.54, 1.807) is 0 Å². The average molecular weight is 368 g/mol. The molecule has 0 unspecified atom stereocenters. The summed E-state index contributed by atoms with van der Waals surface area (Å²) in [6.07, 6.45) is 0. The van der Waals surface area contributed by atoms with Crippen molar-refractivity contribution < 1.29 is 0 Å². The fourth-order valence-electron chi connectivity index (χ4n) is 2.22. The minimum atomic E-state index is 0.752. The van der Waals surface area contributed by atoms with E-state index in [1.165, 1.54) is 16.7 Å². The van der Waals surface area contributed by atoms with Crippen molar-refractivity contribution in [2.45, 2.75) is 19.6 Å². The fourth-order valence-corrected chi connectivity index (χ4v) is 3.04. The van der Waals surface area contributed by atoms with Gasteiger partial charge in [0.1, 0.15) is 0 Å². The number of halogens is 2. The van der Waals surface area contributed by atoms with Crippen molar-refractivity contribution in [1.82, 2.24) is 10.2 Å². The first-order chi connectivity index (χ1) is 10.1. The summed E-state index contributed by atoms with van der Waals surface area (Å²) in [6.45, 7) is 2.63. The predicted octanol–water partition coefficient (Wildman–Crippen LogP) is 4.45. The lowest BCUT2D eigenvalue weighted by Gasteiger charge is -2.15. The van der Waals surface area contributed by atoms with Crippen molar-refractivity contribution in [3.63, 3.8) is 0 Å². The smallest absolute Gasteiger partial charge is 0.0417 e. The molecule has 0 amide bonds. The fraction of sp³-hybridized carbons (Fsp3) is 0.294. The second kappa shape index (κ2) is 7.95. The molecule has 0 heterocycles. The van der Waals surface area contributed by atoms with Crippen molar-refractivity contribution in [3.05, 3.63) is 68.7 Å². The highest BCUT2D eigenvalue weighted by Crippen LogP contribution is 2.21. The Hall–Kier alpha value is -0.870. The molecule has 2 rings (SSSR count). The topological polar surface area (TPSA) is 15.3 Å². The van der Waals surface area contributed by atoms with Crippen LogP contribution >= 0.6 is 27.5 Å². The van der Waals surface area contributed by atoms with Gasteiger partial charge in [0, 0.05) is 29.1 Å². The van der Waals surface area contributed by atoms with Gasteiger partial charge in [-0.05, 0) is 42.9 Å². The molecule has 0 fully saturated rings. The lowest BCUT2D eigenvalue weighted by atomic mass is 10.1. The highest BCUT2D eigenvalue weighted by atomic mass is 79.9. The summed E-state index contributed by atoms with van der Waals surface area (Å²) in [4.78, 5) is 2.19. The highest BCUT2D eigenvalue weighted by Gasteiger charge is 2.04. The molecule has 0 aromatic heterocycles. The predicted molar refractivity (Wildman–Crippen MR) is 93.5 cm³/mol. The van der Waals surface area contributed by atoms with E-state index in [2.05, 4.69) is 64.5 Å². The Labute approximate surface area is 140 Å². The van der Waals surface area contributed by atoms with Crippen LogP contribution in [0.15, 0.2) is 46.9 Å². The molecule has 0 saturated heterocycles. The molecule has 0 radical (unpaired) electrons. The van der Waals surface area contributed by atoms with Gasteiger partial charge in [-0.1, -0.05) is 57.9 Å². The molecule has 112 valence electrons. The van der Waals surface area contributed by atoms with Crippen LogP contribution in [-0.4, -0.2) is 19.0 Å². The van der Waals surface area contributed by atoms with E-state index < -0.39 is 0 Å². The highest BCUT2D eigenvalue weighted by molar-refractivity contribution is 9.10. The molecule has 0 aliphatic heterocycles. The van der Waals surface area contributed by atoms with Crippen LogP contribution in [0.25, 0.3) is 0 Å². The van der Waals surface area contributed by atoms with E-state index in [1.807, 2.05) is 18.2 Å². The lowest BCUT2D eigenvalue weighted by molar-refractivity contribution is 0.400. The van der Waals surface area contributed by atoms with Gasteiger partial charge < -0.3 is 10.2 Å². The largest absolute Gasteiger partial charge is 0.309 e. The van der Waals surface area contributed by atoms with Crippen LogP contribution in [0.5, 0.6) is 0 Å². The monoisotopic (exact) mass is 366 g/mol. The van der Waals surface area contributed by atoms with Gasteiger partial charge in [-0.2, -0.15) is 0 Å². The van der Waals surface area contributed by atoms with E-state index in [4.69, 9.17) is 11.6 Å². The molecule has 4 heteroatoms. The van der Waals surface area contributed by atoms with Gasteiger partial charge in [-0.3, -0.25) is 0 Å². The summed E-state index contributed by atoms with van der Waals surface area (Å²) in [5.74, 6) is 0. The van der Waals surface area contributed by atoms with Gasteiger partial charge in [0.2, 0.25) is 0 Å². The summed E-state index contributed by atoms with van der Waals surface area (Å²) in [5.41, 5.74) is 3.92. The van der Waals surface area contributed by atoms with E-state index in [0.717, 1.165) is 29.1 Å². The van der Waals surface area contributed by atoms with E-state index in [-0.39, 0.29) is 0 Å². The van der Waals surface area contributed by atoms with Gasteiger partial charge in [0.05, 0.1) is 0 Å². The number of hydrogen-bond acceptors (Lipinski definition) is 2. The average Bonchev–Trinajstić information content (AvgIpc) is 2.42. The molecule has 0 aliphatic rings. The second-order valence-electron chi connectivity index (χ2n) is 5.35. The van der Waals surface area contributed by atoms with Crippen LogP contribution in [0.2, 0.25) is 5.02 Å².